The van der Waals surface area contributed by atoms with Crippen LogP contribution in [0.1, 0.15) is 49.9 Å². The van der Waals surface area contributed by atoms with Crippen LogP contribution in [-0.4, -0.2) is 132 Å². The minimum Gasteiger partial charge on any atom is -0.440 e. The molecule has 6 aliphatic heterocycles. The maximum Gasteiger partial charge on any atom is 0.238 e. The van der Waals surface area contributed by atoms with Crippen LogP contribution in [0.3, 0.4) is 0 Å². The Kier molecular flexibility index (Phi) is 20.6. The highest BCUT2D eigenvalue weighted by atomic mass is 35.5. The number of anilines is 4. The highest BCUT2D eigenvalue weighted by Crippen LogP contribution is 2.47. The molecule has 1 amide bonds. The summed E-state index contributed by atoms with van der Waals surface area (Å²) in [7, 11) is 0. The monoisotopic (exact) mass is 1170 g/mol. The van der Waals surface area contributed by atoms with Crippen LogP contribution in [-0.2, 0) is 41.4 Å². The van der Waals surface area contributed by atoms with Crippen molar-refractivity contribution in [3.8, 4) is 22.6 Å². The lowest BCUT2D eigenvalue weighted by molar-refractivity contribution is -0.121. The summed E-state index contributed by atoms with van der Waals surface area (Å²) in [6.07, 6.45) is 2.62. The molecule has 4 aromatic carbocycles. The maximum absolute atomic E-state index is 12.8. The number of rotatable bonds is 8. The van der Waals surface area contributed by atoms with E-state index in [1.807, 2.05) is 56.3 Å². The van der Waals surface area contributed by atoms with Gasteiger partial charge in [-0.1, -0.05) is 59.9 Å². The second-order valence-corrected chi connectivity index (χ2v) is 23.2. The number of nitrogens with two attached hydrogens (primary N) is 1. The third-order valence-electron chi connectivity index (χ3n) is 13.8. The second kappa shape index (κ2) is 27.9. The van der Waals surface area contributed by atoms with Crippen molar-refractivity contribution in [3.63, 3.8) is 0 Å². The largest absolute Gasteiger partial charge is 0.440 e. The van der Waals surface area contributed by atoms with Crippen molar-refractivity contribution in [2.75, 3.05) is 112 Å². The number of nitrogen functional groups attached to an aromatic ring is 1. The topological polar surface area (TPSA) is 191 Å². The van der Waals surface area contributed by atoms with Crippen molar-refractivity contribution in [1.82, 2.24) is 10.2 Å². The SMILES string of the molecule is CC1CN(CC(=O)Nc2ccc3c(c2)Cc2cccc(-c4cc(=O)cc(N5CCOCC5)o4)c2S3)CC(C)O1.CC1CNCC(C)O1.Nc1ccc2c(c1)Cc1cccc(-c3cc(=O)cc(N4CCOCC4)o3)c1S2.O=C(Cl)CCl. The Bertz CT molecular complexity index is 3240. The number of nitrogens with zero attached hydrogens (tertiary/aromatic N) is 3. The molecular weight excluding hydrogens is 1100 g/mol. The van der Waals surface area contributed by atoms with E-state index in [1.54, 1.807) is 47.8 Å². The number of hydrogen-bond donors (Lipinski definition) is 3. The number of hydrogen-bond acceptors (Lipinski definition) is 17. The van der Waals surface area contributed by atoms with E-state index in [4.69, 9.17) is 56.7 Å². The Labute approximate surface area is 484 Å². The summed E-state index contributed by atoms with van der Waals surface area (Å²) in [5.41, 5.74) is 14.1. The molecule has 0 spiro atoms. The van der Waals surface area contributed by atoms with Crippen LogP contribution in [0, 0.1) is 0 Å². The predicted octanol–water partition coefficient (Wildman–Crippen LogP) is 9.40. The molecule has 0 aliphatic carbocycles. The summed E-state index contributed by atoms with van der Waals surface area (Å²) in [6, 6.07) is 30.7. The Morgan fingerprint density at radius 1 is 0.637 bits per heavy atom. The minimum absolute atomic E-state index is 0.0161. The number of carbonyl (C=O) groups is 2. The number of alkyl halides is 1. The van der Waals surface area contributed by atoms with E-state index in [0.717, 1.165) is 89.3 Å². The van der Waals surface area contributed by atoms with Gasteiger partial charge in [0.1, 0.15) is 11.5 Å². The molecule has 6 aromatic rings. The van der Waals surface area contributed by atoms with Crippen LogP contribution in [0.5, 0.6) is 0 Å². The molecule has 0 radical (unpaired) electrons. The normalized spacial score (nSPS) is 20.3. The third-order valence-corrected chi connectivity index (χ3v) is 16.9. The number of benzene rings is 4. The van der Waals surface area contributed by atoms with E-state index < -0.39 is 5.24 Å². The lowest BCUT2D eigenvalue weighted by atomic mass is 10.00. The van der Waals surface area contributed by atoms with E-state index in [9.17, 15) is 19.2 Å². The van der Waals surface area contributed by atoms with Gasteiger partial charge >= 0.3 is 0 Å². The Hall–Kier alpha value is -5.64. The van der Waals surface area contributed by atoms with Crippen LogP contribution in [0.4, 0.5) is 23.1 Å². The molecule has 4 saturated heterocycles. The molecule has 4 unspecified atom stereocenters. The number of amides is 1. The first-order chi connectivity index (χ1) is 38.6. The van der Waals surface area contributed by atoms with Crippen molar-refractivity contribution in [2.24, 2.45) is 0 Å². The number of morpholine rings is 4. The van der Waals surface area contributed by atoms with E-state index in [2.05, 4.69) is 69.5 Å². The molecule has 16 nitrogen and oxygen atoms in total. The minimum atomic E-state index is -0.508. The number of ether oxygens (including phenoxy) is 4. The van der Waals surface area contributed by atoms with E-state index >= 15 is 0 Å². The summed E-state index contributed by atoms with van der Waals surface area (Å²) in [5, 5.41) is 5.83. The van der Waals surface area contributed by atoms with Gasteiger partial charge in [0.15, 0.2) is 22.6 Å². The molecule has 0 saturated carbocycles. The van der Waals surface area contributed by atoms with Gasteiger partial charge in [0, 0.05) is 119 Å². The highest BCUT2D eigenvalue weighted by molar-refractivity contribution is 8.00. The number of nitrogens with one attached hydrogen (secondary N) is 2. The fraction of sp³-hybridized carbons (Fsp3) is 0.400. The van der Waals surface area contributed by atoms with Gasteiger partial charge in [0.25, 0.3) is 0 Å². The number of halogens is 2. The molecule has 424 valence electrons. The maximum atomic E-state index is 12.8. The molecule has 4 N–H and O–H groups in total. The van der Waals surface area contributed by atoms with Crippen molar-refractivity contribution in [3.05, 3.63) is 140 Å². The smallest absolute Gasteiger partial charge is 0.238 e. The van der Waals surface area contributed by atoms with Crippen LogP contribution >= 0.6 is 46.7 Å². The van der Waals surface area contributed by atoms with E-state index in [1.165, 1.54) is 27.1 Å². The zero-order valence-electron chi connectivity index (χ0n) is 45.4. The van der Waals surface area contributed by atoms with Crippen LogP contribution < -0.4 is 37.0 Å². The van der Waals surface area contributed by atoms with Gasteiger partial charge in [-0.05, 0) is 111 Å². The Balaban J connectivity index is 0.000000163. The van der Waals surface area contributed by atoms with Crippen LogP contribution in [0.15, 0.2) is 135 Å². The molecule has 12 rings (SSSR count). The van der Waals surface area contributed by atoms with Gasteiger partial charge in [-0.2, -0.15) is 0 Å². The molecule has 0 bridgehead atoms. The molecule has 8 heterocycles. The number of fused-ring (bicyclic) bond motifs is 4. The first kappa shape index (κ1) is 59.0. The summed E-state index contributed by atoms with van der Waals surface area (Å²) >= 11 is 12.9. The fourth-order valence-electron chi connectivity index (χ4n) is 10.3. The van der Waals surface area contributed by atoms with Gasteiger partial charge in [0.2, 0.25) is 11.1 Å². The second-order valence-electron chi connectivity index (χ2n) is 20.4. The van der Waals surface area contributed by atoms with Gasteiger partial charge in [-0.3, -0.25) is 24.1 Å². The van der Waals surface area contributed by atoms with Crippen molar-refractivity contribution < 1.29 is 37.4 Å². The molecular formula is C60H68Cl2N6O10S2. The van der Waals surface area contributed by atoms with Gasteiger partial charge in [-0.15, -0.1) is 11.6 Å². The Morgan fingerprint density at radius 3 is 1.59 bits per heavy atom. The molecule has 2 aromatic heterocycles. The van der Waals surface area contributed by atoms with Gasteiger partial charge in [-0.25, -0.2) is 0 Å². The zero-order valence-corrected chi connectivity index (χ0v) is 48.6. The average molecular weight is 1170 g/mol. The summed E-state index contributed by atoms with van der Waals surface area (Å²) < 4.78 is 34.5. The lowest BCUT2D eigenvalue weighted by Gasteiger charge is -2.34. The van der Waals surface area contributed by atoms with E-state index in [-0.39, 0.29) is 34.9 Å². The first-order valence-electron chi connectivity index (χ1n) is 27.0. The van der Waals surface area contributed by atoms with Crippen LogP contribution in [0.25, 0.3) is 22.6 Å². The Morgan fingerprint density at radius 2 is 1.11 bits per heavy atom. The zero-order chi connectivity index (χ0) is 56.3. The molecule has 20 heteroatoms. The predicted molar refractivity (Wildman–Crippen MR) is 318 cm³/mol. The standard InChI is InChI=1S/C30H33N3O5S.C22H20N2O3S.C6H13NO.C2H2Cl2O/c1-19-16-32(17-20(2)37-19)18-28(35)31-23-6-7-27-22(13-23)12-21-4-3-5-25(30(21)39-27)26-14-24(34)15-29(38-26)33-8-10-36-11-9-33;23-16-4-5-20-15(11-16)10-14-2-1-3-18(22(14)28-20)19-12-17(25)13-21(27-19)24-6-8-26-9-7-24;1-5-3-7-4-6(2)8-5;3-1-2(4)5/h3-7,13-15,19-20H,8-12,16-18H2,1-2H3,(H,31,35);1-5,11-13H,6-10,23H2;5-7H,3-4H2,1-2H3;1H2. The summed E-state index contributed by atoms with van der Waals surface area (Å²) in [5.74, 6) is 2.27. The van der Waals surface area contributed by atoms with Crippen molar-refractivity contribution in [2.45, 2.75) is 84.5 Å². The average Bonchev–Trinajstić information content (AvgIpc) is 3.62. The highest BCUT2D eigenvalue weighted by Gasteiger charge is 2.27. The lowest BCUT2D eigenvalue weighted by Crippen LogP contribution is -2.48. The summed E-state index contributed by atoms with van der Waals surface area (Å²) in [4.78, 5) is 58.1. The van der Waals surface area contributed by atoms with Crippen molar-refractivity contribution in [1.29, 1.82) is 0 Å². The molecule has 4 atom stereocenters. The van der Waals surface area contributed by atoms with Crippen LogP contribution in [0.2, 0.25) is 0 Å². The third kappa shape index (κ3) is 15.9. The quantitative estimate of drug-likeness (QED) is 0.0740. The van der Waals surface area contributed by atoms with Gasteiger partial charge in [0.05, 0.1) is 63.3 Å². The summed E-state index contributed by atoms with van der Waals surface area (Å²) in [6.45, 7) is 17.5. The first-order valence-corrected chi connectivity index (χ1v) is 29.5. The number of carbonyl (C=O) groups excluding carboxylic acids is 2. The molecule has 6 aliphatic rings. The molecule has 4 fully saturated rings. The van der Waals surface area contributed by atoms with E-state index in [0.29, 0.717) is 81.6 Å². The fourth-order valence-corrected chi connectivity index (χ4v) is 12.6. The molecule has 80 heavy (non-hydrogen) atoms. The van der Waals surface area contributed by atoms with Crippen molar-refractivity contribution >= 4 is 81.0 Å². The van der Waals surface area contributed by atoms with Gasteiger partial charge < -0.3 is 53.9 Å².